The number of benzene rings is 1. The quantitative estimate of drug-likeness (QED) is 0.850. The van der Waals surface area contributed by atoms with Gasteiger partial charge in [0.15, 0.2) is 0 Å². The lowest BCUT2D eigenvalue weighted by molar-refractivity contribution is -0.140. The molecule has 126 valence electrons. The minimum Gasteiger partial charge on any atom is -0.381 e. The number of nitrogens with zero attached hydrogens (tertiary/aromatic N) is 1. The minimum atomic E-state index is 0.207. The molecule has 1 aromatic rings. The highest BCUT2D eigenvalue weighted by atomic mass is 16.5. The van der Waals surface area contributed by atoms with Gasteiger partial charge in [0.05, 0.1) is 0 Å². The highest BCUT2D eigenvalue weighted by molar-refractivity contribution is 5.79. The molecular formula is C20H29NO2. The first-order valence-corrected chi connectivity index (χ1v) is 9.15. The molecule has 0 bridgehead atoms. The SMILES string of the molecule is Cc1ccccc1CC[C@@H]1CCCN(C(=O)C2CCOCC2)C1. The van der Waals surface area contributed by atoms with Gasteiger partial charge in [-0.05, 0) is 62.5 Å². The summed E-state index contributed by atoms with van der Waals surface area (Å²) in [5.74, 6) is 1.25. The average Bonchev–Trinajstić information content (AvgIpc) is 2.61. The van der Waals surface area contributed by atoms with Crippen molar-refractivity contribution in [2.24, 2.45) is 11.8 Å². The molecule has 0 radical (unpaired) electrons. The summed E-state index contributed by atoms with van der Waals surface area (Å²) in [6.07, 6.45) is 6.57. The normalized spacial score (nSPS) is 23.0. The molecular weight excluding hydrogens is 286 g/mol. The molecule has 3 heteroatoms. The van der Waals surface area contributed by atoms with Crippen LogP contribution in [0, 0.1) is 18.8 Å². The Morgan fingerprint density at radius 3 is 2.78 bits per heavy atom. The smallest absolute Gasteiger partial charge is 0.225 e. The van der Waals surface area contributed by atoms with Gasteiger partial charge in [0.2, 0.25) is 5.91 Å². The number of rotatable bonds is 4. The van der Waals surface area contributed by atoms with Gasteiger partial charge in [0.1, 0.15) is 0 Å². The van der Waals surface area contributed by atoms with E-state index in [4.69, 9.17) is 4.74 Å². The van der Waals surface area contributed by atoms with Gasteiger partial charge >= 0.3 is 0 Å². The van der Waals surface area contributed by atoms with Gasteiger partial charge in [-0.2, -0.15) is 0 Å². The molecule has 2 aliphatic heterocycles. The first-order chi connectivity index (χ1) is 11.2. The monoisotopic (exact) mass is 315 g/mol. The second-order valence-electron chi connectivity index (χ2n) is 7.14. The van der Waals surface area contributed by atoms with Crippen LogP contribution < -0.4 is 0 Å². The number of ether oxygens (including phenoxy) is 1. The molecule has 0 saturated carbocycles. The third kappa shape index (κ3) is 4.35. The molecule has 0 aliphatic carbocycles. The molecule has 2 saturated heterocycles. The average molecular weight is 315 g/mol. The number of carbonyl (C=O) groups is 1. The number of hydrogen-bond acceptors (Lipinski definition) is 2. The maximum Gasteiger partial charge on any atom is 0.225 e. The van der Waals surface area contributed by atoms with Gasteiger partial charge in [0, 0.05) is 32.2 Å². The molecule has 0 unspecified atom stereocenters. The van der Waals surface area contributed by atoms with Gasteiger partial charge in [-0.25, -0.2) is 0 Å². The summed E-state index contributed by atoms with van der Waals surface area (Å²) in [5.41, 5.74) is 2.85. The van der Waals surface area contributed by atoms with Crippen LogP contribution in [0.2, 0.25) is 0 Å². The number of carbonyl (C=O) groups excluding carboxylic acids is 1. The highest BCUT2D eigenvalue weighted by Crippen LogP contribution is 2.25. The van der Waals surface area contributed by atoms with Crippen molar-refractivity contribution in [1.82, 2.24) is 4.90 Å². The Hall–Kier alpha value is -1.35. The van der Waals surface area contributed by atoms with Crippen LogP contribution in [0.5, 0.6) is 0 Å². The summed E-state index contributed by atoms with van der Waals surface area (Å²) >= 11 is 0. The van der Waals surface area contributed by atoms with Crippen LogP contribution in [0.4, 0.5) is 0 Å². The van der Waals surface area contributed by atoms with Crippen molar-refractivity contribution in [3.8, 4) is 0 Å². The Labute approximate surface area is 140 Å². The van der Waals surface area contributed by atoms with E-state index in [2.05, 4.69) is 36.1 Å². The predicted octanol–water partition coefficient (Wildman–Crippen LogP) is 3.59. The molecule has 1 atom stereocenters. The standard InChI is InChI=1S/C20H29NO2/c1-16-5-2-3-7-18(16)9-8-17-6-4-12-21(15-17)20(22)19-10-13-23-14-11-19/h2-3,5,7,17,19H,4,6,8-15H2,1H3/t17-/m0/s1. The zero-order valence-corrected chi connectivity index (χ0v) is 14.3. The first kappa shape index (κ1) is 16.5. The molecule has 1 amide bonds. The van der Waals surface area contributed by atoms with Crippen molar-refractivity contribution in [3.05, 3.63) is 35.4 Å². The fourth-order valence-corrected chi connectivity index (χ4v) is 3.95. The topological polar surface area (TPSA) is 29.5 Å². The van der Waals surface area contributed by atoms with Crippen LogP contribution >= 0.6 is 0 Å². The van der Waals surface area contributed by atoms with Crippen LogP contribution in [0.15, 0.2) is 24.3 Å². The van der Waals surface area contributed by atoms with Crippen molar-refractivity contribution in [2.45, 2.75) is 45.4 Å². The second kappa shape index (κ2) is 7.96. The van der Waals surface area contributed by atoms with Gasteiger partial charge in [0.25, 0.3) is 0 Å². The Morgan fingerprint density at radius 2 is 2.00 bits per heavy atom. The molecule has 2 aliphatic rings. The maximum atomic E-state index is 12.7. The Balaban J connectivity index is 1.51. The summed E-state index contributed by atoms with van der Waals surface area (Å²) in [7, 11) is 0. The first-order valence-electron chi connectivity index (χ1n) is 9.15. The van der Waals surface area contributed by atoms with Crippen molar-refractivity contribution in [1.29, 1.82) is 0 Å². The molecule has 2 fully saturated rings. The number of piperidine rings is 1. The third-order valence-electron chi connectivity index (χ3n) is 5.48. The van der Waals surface area contributed by atoms with Crippen molar-refractivity contribution in [3.63, 3.8) is 0 Å². The van der Waals surface area contributed by atoms with Gasteiger partial charge in [-0.1, -0.05) is 24.3 Å². The van der Waals surface area contributed by atoms with Crippen molar-refractivity contribution < 1.29 is 9.53 Å². The Morgan fingerprint density at radius 1 is 1.22 bits per heavy atom. The van der Waals surface area contributed by atoms with E-state index in [1.807, 2.05) is 0 Å². The molecule has 23 heavy (non-hydrogen) atoms. The number of likely N-dealkylation sites (tertiary alicyclic amines) is 1. The fourth-order valence-electron chi connectivity index (χ4n) is 3.95. The van der Waals surface area contributed by atoms with Crippen molar-refractivity contribution in [2.75, 3.05) is 26.3 Å². The highest BCUT2D eigenvalue weighted by Gasteiger charge is 2.29. The maximum absolute atomic E-state index is 12.7. The molecule has 3 rings (SSSR count). The Kier molecular flexibility index (Phi) is 5.71. The zero-order chi connectivity index (χ0) is 16.1. The minimum absolute atomic E-state index is 0.207. The lowest BCUT2D eigenvalue weighted by Crippen LogP contribution is -2.44. The van der Waals surface area contributed by atoms with Gasteiger partial charge < -0.3 is 9.64 Å². The molecule has 2 heterocycles. The Bertz CT molecular complexity index is 522. The number of hydrogen-bond donors (Lipinski definition) is 0. The lowest BCUT2D eigenvalue weighted by Gasteiger charge is -2.36. The summed E-state index contributed by atoms with van der Waals surface area (Å²) in [6.45, 7) is 5.61. The van der Waals surface area contributed by atoms with Crippen LogP contribution in [-0.2, 0) is 16.0 Å². The number of amides is 1. The van der Waals surface area contributed by atoms with Gasteiger partial charge in [-0.15, -0.1) is 0 Å². The molecule has 0 aromatic heterocycles. The summed E-state index contributed by atoms with van der Waals surface area (Å²) in [6, 6.07) is 8.66. The largest absolute Gasteiger partial charge is 0.381 e. The molecule has 0 N–H and O–H groups in total. The van der Waals surface area contributed by atoms with E-state index in [9.17, 15) is 4.79 Å². The zero-order valence-electron chi connectivity index (χ0n) is 14.3. The van der Waals surface area contributed by atoms with E-state index in [1.54, 1.807) is 0 Å². The van der Waals surface area contributed by atoms with E-state index in [0.717, 1.165) is 52.0 Å². The molecule has 3 nitrogen and oxygen atoms in total. The molecule has 0 spiro atoms. The van der Waals surface area contributed by atoms with E-state index in [1.165, 1.54) is 24.0 Å². The van der Waals surface area contributed by atoms with E-state index < -0.39 is 0 Å². The van der Waals surface area contributed by atoms with Crippen LogP contribution in [0.3, 0.4) is 0 Å². The fraction of sp³-hybridized carbons (Fsp3) is 0.650. The summed E-state index contributed by atoms with van der Waals surface area (Å²) < 4.78 is 5.39. The van der Waals surface area contributed by atoms with Crippen LogP contribution in [0.25, 0.3) is 0 Å². The molecule has 1 aromatic carbocycles. The lowest BCUT2D eigenvalue weighted by atomic mass is 9.89. The van der Waals surface area contributed by atoms with Crippen LogP contribution in [0.1, 0.15) is 43.2 Å². The van der Waals surface area contributed by atoms with E-state index in [-0.39, 0.29) is 5.92 Å². The van der Waals surface area contributed by atoms with Gasteiger partial charge in [-0.3, -0.25) is 4.79 Å². The summed E-state index contributed by atoms with van der Waals surface area (Å²) in [5, 5.41) is 0. The van der Waals surface area contributed by atoms with E-state index >= 15 is 0 Å². The van der Waals surface area contributed by atoms with Crippen LogP contribution in [-0.4, -0.2) is 37.1 Å². The summed E-state index contributed by atoms with van der Waals surface area (Å²) in [4.78, 5) is 14.8. The van der Waals surface area contributed by atoms with Crippen molar-refractivity contribution >= 4 is 5.91 Å². The number of aryl methyl sites for hydroxylation is 2. The predicted molar refractivity (Wildman–Crippen MR) is 92.3 cm³/mol. The van der Waals surface area contributed by atoms with E-state index in [0.29, 0.717) is 11.8 Å². The third-order valence-corrected chi connectivity index (χ3v) is 5.48. The second-order valence-corrected chi connectivity index (χ2v) is 7.14.